The average Bonchev–Trinajstić information content (AvgIpc) is 2.92. The average molecular weight is 331 g/mol. The molecule has 0 N–H and O–H groups in total. The number of rotatable bonds is 5. The van der Waals surface area contributed by atoms with E-state index in [-0.39, 0.29) is 0 Å². The van der Waals surface area contributed by atoms with Crippen LogP contribution in [0.15, 0.2) is 30.7 Å². The van der Waals surface area contributed by atoms with Gasteiger partial charge in [0.1, 0.15) is 29.7 Å². The predicted molar refractivity (Wildman–Crippen MR) is 91.1 cm³/mol. The van der Waals surface area contributed by atoms with E-state index in [0.29, 0.717) is 24.2 Å². The first kappa shape index (κ1) is 15.7. The fourth-order valence-electron chi connectivity index (χ4n) is 2.63. The largest absolute Gasteiger partial charge is 0.491 e. The van der Waals surface area contributed by atoms with E-state index in [1.807, 2.05) is 23.6 Å². The summed E-state index contributed by atoms with van der Waals surface area (Å²) in [4.78, 5) is 4.20. The fourth-order valence-corrected chi connectivity index (χ4v) is 2.78. The van der Waals surface area contributed by atoms with Gasteiger partial charge in [-0.05, 0) is 35.9 Å². The topological polar surface area (TPSA) is 52.8 Å². The van der Waals surface area contributed by atoms with E-state index in [1.54, 1.807) is 12.5 Å². The molecule has 1 aromatic carbocycles. The van der Waals surface area contributed by atoms with Gasteiger partial charge in [0.05, 0.1) is 6.54 Å². The summed E-state index contributed by atoms with van der Waals surface area (Å²) in [6.07, 6.45) is 3.49. The van der Waals surface area contributed by atoms with E-state index in [9.17, 15) is 0 Å². The van der Waals surface area contributed by atoms with Crippen LogP contribution < -0.4 is 4.74 Å². The molecule has 0 atom stereocenters. The third-order valence-electron chi connectivity index (χ3n) is 3.88. The molecule has 3 rings (SSSR count). The van der Waals surface area contributed by atoms with E-state index in [2.05, 4.69) is 35.1 Å². The summed E-state index contributed by atoms with van der Waals surface area (Å²) in [6, 6.07) is 6.01. The van der Waals surface area contributed by atoms with E-state index < -0.39 is 0 Å². The van der Waals surface area contributed by atoms with E-state index in [1.165, 1.54) is 5.56 Å². The van der Waals surface area contributed by atoms with Gasteiger partial charge in [-0.2, -0.15) is 0 Å². The number of aryl methyl sites for hydroxylation is 1. The molecule has 6 heteroatoms. The molecule has 0 unspecified atom stereocenters. The molecule has 0 bridgehead atoms. The molecule has 0 saturated carbocycles. The van der Waals surface area contributed by atoms with Gasteiger partial charge >= 0.3 is 0 Å². The number of pyridine rings is 1. The molecule has 0 fully saturated rings. The number of ether oxygens (including phenoxy) is 1. The van der Waals surface area contributed by atoms with Crippen molar-refractivity contribution in [3.8, 4) is 5.75 Å². The maximum Gasteiger partial charge on any atom is 0.129 e. The van der Waals surface area contributed by atoms with E-state index in [4.69, 9.17) is 16.3 Å². The minimum atomic E-state index is 0.407. The lowest BCUT2D eigenvalue weighted by Gasteiger charge is -2.15. The number of nitrogens with zero attached hydrogens (tertiary/aromatic N) is 4. The number of hydrogen-bond donors (Lipinski definition) is 0. The monoisotopic (exact) mass is 330 g/mol. The lowest BCUT2D eigenvalue weighted by atomic mass is 9.97. The van der Waals surface area contributed by atoms with Gasteiger partial charge in [0, 0.05) is 11.6 Å². The summed E-state index contributed by atoms with van der Waals surface area (Å²) >= 11 is 6.07. The molecule has 120 valence electrons. The van der Waals surface area contributed by atoms with Crippen molar-refractivity contribution in [2.24, 2.45) is 0 Å². The molecule has 0 saturated heterocycles. The Morgan fingerprint density at radius 1 is 1.26 bits per heavy atom. The molecule has 0 radical (unpaired) electrons. The van der Waals surface area contributed by atoms with Gasteiger partial charge in [-0.15, -0.1) is 10.2 Å². The quantitative estimate of drug-likeness (QED) is 0.664. The van der Waals surface area contributed by atoms with E-state index in [0.717, 1.165) is 22.3 Å². The zero-order chi connectivity index (χ0) is 16.4. The highest BCUT2D eigenvalue weighted by Gasteiger charge is 2.11. The van der Waals surface area contributed by atoms with Crippen molar-refractivity contribution >= 4 is 22.4 Å². The van der Waals surface area contributed by atoms with Crippen LogP contribution in [-0.4, -0.2) is 26.4 Å². The van der Waals surface area contributed by atoms with Gasteiger partial charge in [0.25, 0.3) is 0 Å². The van der Waals surface area contributed by atoms with Crippen LogP contribution in [-0.2, 0) is 6.54 Å². The predicted octanol–water partition coefficient (Wildman–Crippen LogP) is 3.99. The third kappa shape index (κ3) is 3.29. The number of halogens is 1. The van der Waals surface area contributed by atoms with Crippen molar-refractivity contribution < 1.29 is 4.74 Å². The molecule has 0 spiro atoms. The zero-order valence-corrected chi connectivity index (χ0v) is 14.2. The molecule has 0 aliphatic rings. The first-order chi connectivity index (χ1) is 11.1. The minimum absolute atomic E-state index is 0.407. The van der Waals surface area contributed by atoms with Crippen LogP contribution in [0.25, 0.3) is 10.8 Å². The van der Waals surface area contributed by atoms with Crippen molar-refractivity contribution in [3.63, 3.8) is 0 Å². The van der Waals surface area contributed by atoms with Gasteiger partial charge in [0.2, 0.25) is 0 Å². The van der Waals surface area contributed by atoms with Crippen LogP contribution in [0.2, 0.25) is 5.15 Å². The van der Waals surface area contributed by atoms with Gasteiger partial charge in [0.15, 0.2) is 0 Å². The van der Waals surface area contributed by atoms with Crippen molar-refractivity contribution in [2.75, 3.05) is 6.61 Å². The van der Waals surface area contributed by atoms with Crippen molar-refractivity contribution in [1.82, 2.24) is 19.7 Å². The summed E-state index contributed by atoms with van der Waals surface area (Å²) in [5, 5.41) is 10.4. The van der Waals surface area contributed by atoms with Gasteiger partial charge in [-0.3, -0.25) is 0 Å². The maximum absolute atomic E-state index is 6.07. The van der Waals surface area contributed by atoms with Crippen molar-refractivity contribution in [1.29, 1.82) is 0 Å². The molecule has 0 amide bonds. The molecule has 5 nitrogen and oxygen atoms in total. The Labute approximate surface area is 140 Å². The molecule has 3 aromatic rings. The first-order valence-electron chi connectivity index (χ1n) is 7.61. The van der Waals surface area contributed by atoms with Crippen LogP contribution in [0.4, 0.5) is 0 Å². The summed E-state index contributed by atoms with van der Waals surface area (Å²) < 4.78 is 7.92. The highest BCUT2D eigenvalue weighted by molar-refractivity contribution is 6.30. The van der Waals surface area contributed by atoms with Crippen molar-refractivity contribution in [2.45, 2.75) is 33.2 Å². The summed E-state index contributed by atoms with van der Waals surface area (Å²) in [5.41, 5.74) is 1.24. The van der Waals surface area contributed by atoms with Gasteiger partial charge in [-0.1, -0.05) is 31.5 Å². The molecular weight excluding hydrogens is 312 g/mol. The Morgan fingerprint density at radius 2 is 2.09 bits per heavy atom. The van der Waals surface area contributed by atoms with Crippen LogP contribution in [0, 0.1) is 6.92 Å². The Bertz CT molecular complexity index is 829. The van der Waals surface area contributed by atoms with Crippen LogP contribution in [0.5, 0.6) is 5.75 Å². The van der Waals surface area contributed by atoms with Gasteiger partial charge < -0.3 is 9.30 Å². The maximum atomic E-state index is 6.07. The van der Waals surface area contributed by atoms with Crippen LogP contribution in [0.1, 0.15) is 31.2 Å². The lowest BCUT2D eigenvalue weighted by molar-refractivity contribution is 0.300. The lowest BCUT2D eigenvalue weighted by Crippen LogP contribution is -2.09. The van der Waals surface area contributed by atoms with Crippen LogP contribution >= 0.6 is 11.6 Å². The molecule has 2 aromatic heterocycles. The number of aromatic nitrogens is 4. The molecule has 0 aliphatic heterocycles. The SMILES string of the molecule is Cc1nncn1CCOc1ccc(C(C)C)c2cc(Cl)ncc12. The van der Waals surface area contributed by atoms with Crippen molar-refractivity contribution in [3.05, 3.63) is 47.3 Å². The number of hydrogen-bond acceptors (Lipinski definition) is 4. The fraction of sp³-hybridized carbons (Fsp3) is 0.353. The summed E-state index contributed by atoms with van der Waals surface area (Å²) in [7, 11) is 0. The second kappa shape index (κ2) is 6.54. The highest BCUT2D eigenvalue weighted by atomic mass is 35.5. The zero-order valence-electron chi connectivity index (χ0n) is 13.5. The number of fused-ring (bicyclic) bond motifs is 1. The second-order valence-corrected chi connectivity index (χ2v) is 6.17. The Morgan fingerprint density at radius 3 is 2.78 bits per heavy atom. The smallest absolute Gasteiger partial charge is 0.129 e. The summed E-state index contributed by atoms with van der Waals surface area (Å²) in [6.45, 7) is 7.49. The molecular formula is C17H19ClN4O. The minimum Gasteiger partial charge on any atom is -0.491 e. The Balaban J connectivity index is 1.86. The standard InChI is InChI=1S/C17H19ClN4O/c1-11(2)13-4-5-16(15-9-19-17(18)8-14(13)15)23-7-6-22-10-20-21-12(22)3/h4-5,8-11H,6-7H2,1-3H3. The van der Waals surface area contributed by atoms with Crippen LogP contribution in [0.3, 0.4) is 0 Å². The molecule has 23 heavy (non-hydrogen) atoms. The highest BCUT2D eigenvalue weighted by Crippen LogP contribution is 2.33. The Hall–Kier alpha value is -2.14. The van der Waals surface area contributed by atoms with E-state index >= 15 is 0 Å². The number of benzene rings is 1. The first-order valence-corrected chi connectivity index (χ1v) is 7.99. The van der Waals surface area contributed by atoms with Gasteiger partial charge in [-0.25, -0.2) is 4.98 Å². The third-order valence-corrected chi connectivity index (χ3v) is 4.09. The summed E-state index contributed by atoms with van der Waals surface area (Å²) in [5.74, 6) is 2.10. The normalized spacial score (nSPS) is 11.3. The molecule has 2 heterocycles. The Kier molecular flexibility index (Phi) is 4.48. The molecule has 0 aliphatic carbocycles. The second-order valence-electron chi connectivity index (χ2n) is 5.78.